The predicted octanol–water partition coefficient (Wildman–Crippen LogP) is 2.69. The molecule has 0 aromatic carbocycles. The average Bonchev–Trinajstić information content (AvgIpc) is 2.78. The Morgan fingerprint density at radius 2 is 2.40 bits per heavy atom. The Kier molecular flexibility index (Phi) is 2.25. The lowest BCUT2D eigenvalue weighted by molar-refractivity contribution is 0.336. The van der Waals surface area contributed by atoms with Crippen molar-refractivity contribution in [2.45, 2.75) is 25.8 Å². The van der Waals surface area contributed by atoms with Crippen molar-refractivity contribution in [2.75, 3.05) is 6.54 Å². The molecule has 2 aromatic rings. The molecule has 2 N–H and O–H groups in total. The van der Waals surface area contributed by atoms with Crippen LogP contribution in [0.5, 0.6) is 0 Å². The second kappa shape index (κ2) is 3.61. The summed E-state index contributed by atoms with van der Waals surface area (Å²) in [5.41, 5.74) is 1.18. The summed E-state index contributed by atoms with van der Waals surface area (Å²) < 4.78 is 1.27. The number of nitrogens with one attached hydrogen (secondary N) is 2. The maximum atomic E-state index is 4.02. The molecule has 15 heavy (non-hydrogen) atoms. The third kappa shape index (κ3) is 1.68. The Bertz CT molecular complexity index is 423. The highest BCUT2D eigenvalue weighted by atomic mass is 32.1. The molecule has 3 rings (SSSR count). The van der Waals surface area contributed by atoms with E-state index in [1.807, 2.05) is 17.5 Å². The van der Waals surface area contributed by atoms with Gasteiger partial charge in [0.1, 0.15) is 0 Å². The maximum absolute atomic E-state index is 4.02. The number of aromatic nitrogens is 2. The van der Waals surface area contributed by atoms with E-state index in [2.05, 4.69) is 28.5 Å². The van der Waals surface area contributed by atoms with Crippen molar-refractivity contribution in [3.05, 3.63) is 17.1 Å². The van der Waals surface area contributed by atoms with Gasteiger partial charge in [-0.25, -0.2) is 0 Å². The van der Waals surface area contributed by atoms with Crippen molar-refractivity contribution in [1.82, 2.24) is 15.5 Å². The fraction of sp³-hybridized carbons (Fsp3) is 0.545. The number of piperidine rings is 1. The minimum atomic E-state index is 0.562. The lowest BCUT2D eigenvalue weighted by atomic mass is 9.96. The molecule has 2 aromatic heterocycles. The van der Waals surface area contributed by atoms with E-state index in [0.717, 1.165) is 12.5 Å². The minimum absolute atomic E-state index is 0.562. The molecular formula is C11H15N3S. The highest BCUT2D eigenvalue weighted by Crippen LogP contribution is 2.33. The van der Waals surface area contributed by atoms with E-state index in [4.69, 9.17) is 0 Å². The molecule has 0 aliphatic carbocycles. The van der Waals surface area contributed by atoms with Crippen LogP contribution in [0.1, 0.15) is 30.7 Å². The van der Waals surface area contributed by atoms with Gasteiger partial charge in [0.25, 0.3) is 0 Å². The van der Waals surface area contributed by atoms with Crippen LogP contribution >= 0.6 is 11.3 Å². The van der Waals surface area contributed by atoms with Gasteiger partial charge in [0.15, 0.2) is 0 Å². The largest absolute Gasteiger partial charge is 0.309 e. The molecule has 1 saturated heterocycles. The lowest BCUT2D eigenvalue weighted by Crippen LogP contribution is -2.31. The number of thiophene rings is 1. The van der Waals surface area contributed by atoms with Crippen LogP contribution in [0.15, 0.2) is 12.3 Å². The molecule has 2 unspecified atom stereocenters. The van der Waals surface area contributed by atoms with Crippen LogP contribution in [0.2, 0.25) is 0 Å². The Morgan fingerprint density at radius 3 is 3.13 bits per heavy atom. The van der Waals surface area contributed by atoms with Crippen molar-refractivity contribution in [3.8, 4) is 0 Å². The molecule has 80 valence electrons. The van der Waals surface area contributed by atoms with Crippen LogP contribution in [0, 0.1) is 5.92 Å². The topological polar surface area (TPSA) is 40.7 Å². The van der Waals surface area contributed by atoms with Crippen LogP contribution in [0.25, 0.3) is 10.2 Å². The summed E-state index contributed by atoms with van der Waals surface area (Å²) in [6.07, 6.45) is 4.51. The number of H-pyrrole nitrogens is 1. The number of nitrogens with zero attached hydrogens (tertiary/aromatic N) is 1. The van der Waals surface area contributed by atoms with Gasteiger partial charge < -0.3 is 5.32 Å². The summed E-state index contributed by atoms with van der Waals surface area (Å²) in [6.45, 7) is 3.46. The van der Waals surface area contributed by atoms with Gasteiger partial charge in [0, 0.05) is 10.9 Å². The first-order valence-electron chi connectivity index (χ1n) is 5.49. The molecule has 0 bridgehead atoms. The second-order valence-electron chi connectivity index (χ2n) is 4.44. The molecule has 1 aliphatic heterocycles. The zero-order chi connectivity index (χ0) is 10.3. The molecule has 3 nitrogen and oxygen atoms in total. The van der Waals surface area contributed by atoms with Gasteiger partial charge in [-0.2, -0.15) is 5.10 Å². The first-order chi connectivity index (χ1) is 7.33. The number of fused-ring (bicyclic) bond motifs is 1. The zero-order valence-corrected chi connectivity index (χ0v) is 9.60. The van der Waals surface area contributed by atoms with E-state index in [-0.39, 0.29) is 0 Å². The summed E-state index contributed by atoms with van der Waals surface area (Å²) in [6, 6.07) is 2.80. The van der Waals surface area contributed by atoms with E-state index in [1.54, 1.807) is 0 Å². The Labute approximate surface area is 92.9 Å². The molecule has 0 spiro atoms. The van der Waals surface area contributed by atoms with Gasteiger partial charge >= 0.3 is 0 Å². The molecule has 0 saturated carbocycles. The van der Waals surface area contributed by atoms with Crippen molar-refractivity contribution >= 4 is 21.6 Å². The lowest BCUT2D eigenvalue weighted by Gasteiger charge is -2.26. The fourth-order valence-corrected chi connectivity index (χ4v) is 3.28. The Hall–Kier alpha value is -0.870. The van der Waals surface area contributed by atoms with Crippen molar-refractivity contribution < 1.29 is 0 Å². The molecule has 2 atom stereocenters. The van der Waals surface area contributed by atoms with Crippen LogP contribution in [-0.2, 0) is 0 Å². The Morgan fingerprint density at radius 1 is 1.47 bits per heavy atom. The molecule has 1 fully saturated rings. The van der Waals surface area contributed by atoms with E-state index in [0.29, 0.717) is 6.04 Å². The molecule has 1 aliphatic rings. The summed E-state index contributed by atoms with van der Waals surface area (Å²) in [5, 5.41) is 10.7. The van der Waals surface area contributed by atoms with Gasteiger partial charge in [-0.1, -0.05) is 6.92 Å². The number of rotatable bonds is 1. The van der Waals surface area contributed by atoms with Gasteiger partial charge in [-0.3, -0.25) is 5.10 Å². The summed E-state index contributed by atoms with van der Waals surface area (Å²) in [4.78, 5) is 1.45. The molecule has 0 radical (unpaired) electrons. The average molecular weight is 221 g/mol. The molecule has 3 heterocycles. The molecular weight excluding hydrogens is 206 g/mol. The Balaban J connectivity index is 1.84. The number of hydrogen-bond donors (Lipinski definition) is 2. The summed E-state index contributed by atoms with van der Waals surface area (Å²) in [5.74, 6) is 0.827. The zero-order valence-electron chi connectivity index (χ0n) is 8.79. The highest BCUT2D eigenvalue weighted by Gasteiger charge is 2.20. The van der Waals surface area contributed by atoms with Crippen molar-refractivity contribution in [2.24, 2.45) is 5.92 Å². The van der Waals surface area contributed by atoms with E-state index in [9.17, 15) is 0 Å². The van der Waals surface area contributed by atoms with E-state index in [1.165, 1.54) is 27.9 Å². The van der Waals surface area contributed by atoms with Crippen LogP contribution in [0.4, 0.5) is 0 Å². The normalized spacial score (nSPS) is 27.3. The smallest absolute Gasteiger partial charge is 0.0761 e. The molecule has 4 heteroatoms. The van der Waals surface area contributed by atoms with Gasteiger partial charge in [0.2, 0.25) is 0 Å². The first kappa shape index (κ1) is 9.36. The highest BCUT2D eigenvalue weighted by molar-refractivity contribution is 7.19. The number of hydrogen-bond acceptors (Lipinski definition) is 3. The van der Waals surface area contributed by atoms with Crippen molar-refractivity contribution in [1.29, 1.82) is 0 Å². The van der Waals surface area contributed by atoms with Crippen molar-refractivity contribution in [3.63, 3.8) is 0 Å². The van der Waals surface area contributed by atoms with Gasteiger partial charge in [0.05, 0.1) is 16.4 Å². The van der Waals surface area contributed by atoms with E-state index >= 15 is 0 Å². The third-order valence-corrected chi connectivity index (χ3v) is 4.33. The minimum Gasteiger partial charge on any atom is -0.309 e. The van der Waals surface area contributed by atoms with Crippen LogP contribution in [-0.4, -0.2) is 16.7 Å². The number of aromatic amines is 1. The monoisotopic (exact) mass is 221 g/mol. The summed E-state index contributed by atoms with van der Waals surface area (Å²) in [7, 11) is 0. The van der Waals surface area contributed by atoms with Crippen LogP contribution in [0.3, 0.4) is 0 Å². The standard InChI is InChI=1S/C11H15N3S/c1-7-2-3-8(12-5-7)10-4-9-11(15-10)6-13-14-9/h4,6-8,12H,2-3,5H2,1H3,(H,13,14). The van der Waals surface area contributed by atoms with E-state index < -0.39 is 0 Å². The van der Waals surface area contributed by atoms with Gasteiger partial charge in [-0.15, -0.1) is 11.3 Å². The fourth-order valence-electron chi connectivity index (χ4n) is 2.18. The summed E-state index contributed by atoms with van der Waals surface area (Å²) >= 11 is 1.86. The maximum Gasteiger partial charge on any atom is 0.0761 e. The first-order valence-corrected chi connectivity index (χ1v) is 6.31. The third-order valence-electron chi connectivity index (χ3n) is 3.15. The van der Waals surface area contributed by atoms with Crippen LogP contribution < -0.4 is 5.32 Å². The SMILES string of the molecule is CC1CCC(c2cc3[nH]ncc3s2)NC1. The van der Waals surface area contributed by atoms with Gasteiger partial charge in [-0.05, 0) is 31.4 Å². The second-order valence-corrected chi connectivity index (χ2v) is 5.56. The quantitative estimate of drug-likeness (QED) is 0.777. The predicted molar refractivity (Wildman–Crippen MR) is 63.1 cm³/mol. The molecule has 0 amide bonds.